The summed E-state index contributed by atoms with van der Waals surface area (Å²) >= 11 is 5.86. The highest BCUT2D eigenvalue weighted by molar-refractivity contribution is 6.29. The third kappa shape index (κ3) is 2.42. The maximum atomic E-state index is 5.86. The van der Waals surface area contributed by atoms with Gasteiger partial charge < -0.3 is 9.73 Å². The van der Waals surface area contributed by atoms with E-state index in [1.54, 1.807) is 12.3 Å². The minimum Gasteiger partial charge on any atom is -0.461 e. The van der Waals surface area contributed by atoms with Crippen molar-refractivity contribution in [3.8, 4) is 0 Å². The Kier molecular flexibility index (Phi) is 3.13. The van der Waals surface area contributed by atoms with E-state index in [0.29, 0.717) is 11.7 Å². The van der Waals surface area contributed by atoms with E-state index in [1.807, 2.05) is 31.2 Å². The first-order chi connectivity index (χ1) is 9.24. The summed E-state index contributed by atoms with van der Waals surface area (Å²) in [5.41, 5.74) is 3.04. The molecule has 0 aliphatic rings. The minimum absolute atomic E-state index is 0.485. The monoisotopic (exact) mass is 272 g/mol. The number of rotatable bonds is 3. The van der Waals surface area contributed by atoms with E-state index >= 15 is 0 Å². The summed E-state index contributed by atoms with van der Waals surface area (Å²) in [6, 6.07) is 11.7. The molecule has 0 aliphatic heterocycles. The summed E-state index contributed by atoms with van der Waals surface area (Å²) in [6.07, 6.45) is 1.69. The summed E-state index contributed by atoms with van der Waals surface area (Å²) in [4.78, 5) is 3.96. The Morgan fingerprint density at radius 1 is 1.26 bits per heavy atom. The topological polar surface area (TPSA) is 38.1 Å². The number of nitrogens with zero attached hydrogens (tertiary/aromatic N) is 1. The van der Waals surface area contributed by atoms with E-state index in [-0.39, 0.29) is 0 Å². The Bertz CT molecular complexity index is 721. The summed E-state index contributed by atoms with van der Waals surface area (Å²) < 4.78 is 5.73. The summed E-state index contributed by atoms with van der Waals surface area (Å²) in [6.45, 7) is 2.68. The van der Waals surface area contributed by atoms with Crippen LogP contribution in [0.3, 0.4) is 0 Å². The number of fused-ring (bicyclic) bond motifs is 1. The largest absolute Gasteiger partial charge is 0.461 e. The Hall–Kier alpha value is -2.00. The van der Waals surface area contributed by atoms with Crippen LogP contribution in [0.4, 0.5) is 5.69 Å². The normalized spacial score (nSPS) is 10.8. The zero-order chi connectivity index (χ0) is 13.2. The smallest absolute Gasteiger partial charge is 0.134 e. The molecule has 0 saturated carbocycles. The number of pyridine rings is 1. The maximum Gasteiger partial charge on any atom is 0.134 e. The fraction of sp³-hybridized carbons (Fsp3) is 0.133. The lowest BCUT2D eigenvalue weighted by Crippen LogP contribution is -2.00. The van der Waals surface area contributed by atoms with Gasteiger partial charge in [0.25, 0.3) is 0 Å². The van der Waals surface area contributed by atoms with Crippen molar-refractivity contribution < 1.29 is 4.42 Å². The van der Waals surface area contributed by atoms with Crippen molar-refractivity contribution in [3.05, 3.63) is 59.1 Å². The maximum absolute atomic E-state index is 5.86. The number of para-hydroxylation sites is 1. The molecule has 2 heterocycles. The zero-order valence-corrected chi connectivity index (χ0v) is 11.2. The van der Waals surface area contributed by atoms with Gasteiger partial charge in [0.15, 0.2) is 0 Å². The number of anilines is 1. The van der Waals surface area contributed by atoms with Crippen LogP contribution in [0.15, 0.2) is 47.0 Å². The van der Waals surface area contributed by atoms with Gasteiger partial charge in [0.2, 0.25) is 0 Å². The summed E-state index contributed by atoms with van der Waals surface area (Å²) in [5.74, 6) is 0.939. The molecule has 2 aromatic heterocycles. The van der Waals surface area contributed by atoms with Crippen molar-refractivity contribution in [1.29, 1.82) is 0 Å². The predicted octanol–water partition coefficient (Wildman–Crippen LogP) is 4.40. The van der Waals surface area contributed by atoms with Gasteiger partial charge in [0.1, 0.15) is 16.5 Å². The van der Waals surface area contributed by atoms with E-state index in [2.05, 4.69) is 16.4 Å². The molecule has 4 heteroatoms. The fourth-order valence-electron chi connectivity index (χ4n) is 2.14. The van der Waals surface area contributed by atoms with Gasteiger partial charge in [-0.3, -0.25) is 0 Å². The molecule has 3 aromatic rings. The Morgan fingerprint density at radius 3 is 2.95 bits per heavy atom. The molecule has 3 rings (SSSR count). The van der Waals surface area contributed by atoms with Crippen LogP contribution >= 0.6 is 11.6 Å². The number of aromatic nitrogens is 1. The molecule has 0 atom stereocenters. The van der Waals surface area contributed by atoms with E-state index in [1.165, 1.54) is 5.56 Å². The van der Waals surface area contributed by atoms with Gasteiger partial charge in [-0.15, -0.1) is 0 Å². The number of nitrogens with one attached hydrogen (secondary N) is 1. The average molecular weight is 273 g/mol. The highest BCUT2D eigenvalue weighted by Gasteiger charge is 2.09. The fourth-order valence-corrected chi connectivity index (χ4v) is 2.32. The molecule has 0 radical (unpaired) electrons. The molecule has 1 aromatic carbocycles. The number of aryl methyl sites for hydroxylation is 1. The molecule has 19 heavy (non-hydrogen) atoms. The Labute approximate surface area is 116 Å². The Balaban J connectivity index is 1.87. The van der Waals surface area contributed by atoms with Crippen LogP contribution in [0.25, 0.3) is 11.0 Å². The standard InChI is InChI=1S/C15H13ClN2O/c1-10-13(12-4-2-3-5-14(12)19-10)9-18-11-6-7-17-15(16)8-11/h2-8H,9H2,1H3,(H,17,18). The molecule has 0 unspecified atom stereocenters. The second-order valence-electron chi connectivity index (χ2n) is 4.35. The van der Waals surface area contributed by atoms with E-state index in [0.717, 1.165) is 22.4 Å². The summed E-state index contributed by atoms with van der Waals surface area (Å²) in [5, 5.41) is 4.97. The number of hydrogen-bond acceptors (Lipinski definition) is 3. The van der Waals surface area contributed by atoms with Gasteiger partial charge in [-0.2, -0.15) is 0 Å². The highest BCUT2D eigenvalue weighted by atomic mass is 35.5. The molecule has 0 aliphatic carbocycles. The molecular formula is C15H13ClN2O. The van der Waals surface area contributed by atoms with Crippen molar-refractivity contribution >= 4 is 28.3 Å². The third-order valence-electron chi connectivity index (χ3n) is 3.10. The first-order valence-corrected chi connectivity index (χ1v) is 6.44. The van der Waals surface area contributed by atoms with Gasteiger partial charge >= 0.3 is 0 Å². The number of furan rings is 1. The van der Waals surface area contributed by atoms with Gasteiger partial charge in [0, 0.05) is 29.4 Å². The third-order valence-corrected chi connectivity index (χ3v) is 3.30. The second-order valence-corrected chi connectivity index (χ2v) is 4.74. The molecule has 96 valence electrons. The van der Waals surface area contributed by atoms with Crippen molar-refractivity contribution in [1.82, 2.24) is 4.98 Å². The van der Waals surface area contributed by atoms with E-state index in [9.17, 15) is 0 Å². The molecule has 3 nitrogen and oxygen atoms in total. The molecule has 0 spiro atoms. The lowest BCUT2D eigenvalue weighted by atomic mass is 10.1. The number of hydrogen-bond donors (Lipinski definition) is 1. The van der Waals surface area contributed by atoms with Crippen LogP contribution in [0.1, 0.15) is 11.3 Å². The van der Waals surface area contributed by atoms with Crippen molar-refractivity contribution in [2.45, 2.75) is 13.5 Å². The van der Waals surface area contributed by atoms with Gasteiger partial charge in [-0.05, 0) is 25.1 Å². The molecule has 1 N–H and O–H groups in total. The van der Waals surface area contributed by atoms with Crippen LogP contribution in [-0.4, -0.2) is 4.98 Å². The van der Waals surface area contributed by atoms with Gasteiger partial charge in [0.05, 0.1) is 0 Å². The molecule has 0 amide bonds. The molecule has 0 fully saturated rings. The first-order valence-electron chi connectivity index (χ1n) is 6.06. The van der Waals surface area contributed by atoms with Crippen molar-refractivity contribution in [2.24, 2.45) is 0 Å². The lowest BCUT2D eigenvalue weighted by Gasteiger charge is -2.06. The van der Waals surface area contributed by atoms with Gasteiger partial charge in [-0.25, -0.2) is 4.98 Å². The van der Waals surface area contributed by atoms with Crippen LogP contribution < -0.4 is 5.32 Å². The lowest BCUT2D eigenvalue weighted by molar-refractivity contribution is 0.573. The van der Waals surface area contributed by atoms with E-state index < -0.39 is 0 Å². The summed E-state index contributed by atoms with van der Waals surface area (Å²) in [7, 11) is 0. The first kappa shape index (κ1) is 12.1. The Morgan fingerprint density at radius 2 is 2.11 bits per heavy atom. The van der Waals surface area contributed by atoms with Crippen molar-refractivity contribution in [3.63, 3.8) is 0 Å². The SMILES string of the molecule is Cc1oc2ccccc2c1CNc1ccnc(Cl)c1. The molecule has 0 saturated heterocycles. The quantitative estimate of drug-likeness (QED) is 0.718. The van der Waals surface area contributed by atoms with Crippen LogP contribution in [0.2, 0.25) is 5.15 Å². The second kappa shape index (κ2) is 4.94. The van der Waals surface area contributed by atoms with Crippen LogP contribution in [-0.2, 0) is 6.54 Å². The zero-order valence-electron chi connectivity index (χ0n) is 10.5. The van der Waals surface area contributed by atoms with Gasteiger partial charge in [-0.1, -0.05) is 29.8 Å². The highest BCUT2D eigenvalue weighted by Crippen LogP contribution is 2.26. The average Bonchev–Trinajstić information content (AvgIpc) is 2.72. The molecular weight excluding hydrogens is 260 g/mol. The molecule has 0 bridgehead atoms. The van der Waals surface area contributed by atoms with Crippen LogP contribution in [0.5, 0.6) is 0 Å². The predicted molar refractivity (Wildman–Crippen MR) is 77.5 cm³/mol. The van der Waals surface area contributed by atoms with Crippen LogP contribution in [0, 0.1) is 6.92 Å². The van der Waals surface area contributed by atoms with E-state index in [4.69, 9.17) is 16.0 Å². The van der Waals surface area contributed by atoms with Crippen molar-refractivity contribution in [2.75, 3.05) is 5.32 Å². The number of benzene rings is 1. The number of halogens is 1. The minimum atomic E-state index is 0.485.